The number of nitrogen functional groups attached to an aromatic ring is 2. The summed E-state index contributed by atoms with van der Waals surface area (Å²) in [7, 11) is -26.0. The van der Waals surface area contributed by atoms with E-state index in [-0.39, 0.29) is 223 Å². The predicted molar refractivity (Wildman–Crippen MR) is 182 cm³/mol. The molecule has 0 unspecified atom stereocenters. The minimum atomic E-state index is -5.51. The van der Waals surface area contributed by atoms with Crippen LogP contribution in [0, 0.1) is 0 Å². The van der Waals surface area contributed by atoms with Crippen LogP contribution >= 0.6 is 24.1 Å². The van der Waals surface area contributed by atoms with E-state index in [0.29, 0.717) is 12.1 Å². The Morgan fingerprint density at radius 1 is 0.547 bits per heavy atom. The van der Waals surface area contributed by atoms with E-state index in [1.807, 2.05) is 0 Å². The van der Waals surface area contributed by atoms with Crippen LogP contribution in [0.1, 0.15) is 0 Å². The molecule has 0 amide bonds. The Morgan fingerprint density at radius 3 is 1.56 bits per heavy atom. The van der Waals surface area contributed by atoms with Gasteiger partial charge in [0.2, 0.25) is 10.4 Å². The van der Waals surface area contributed by atoms with Crippen molar-refractivity contribution in [3.05, 3.63) is 48.5 Å². The summed E-state index contributed by atoms with van der Waals surface area (Å²) >= 11 is 0.127. The quantitative estimate of drug-likeness (QED) is 0.0137. The number of rotatable bonds is 18. The van der Waals surface area contributed by atoms with Gasteiger partial charge in [-0.25, -0.2) is 42.1 Å². The standard InChI is InChI=1S/C24H22N6O21S7.6Na/c25-22-17(29-28-16-9-14-11(6-18(16)52-50-48-31)5-13(55(35,36)37)8-20(14)56(38,39)40)10-21(57(41,42)43)23(26)24(22)30-27-15-2-1-12(7-19(15)53-51-49-32)54(33,34)4-3-47-58(44,45)46;;;;;;/h1-2,5-10,31-32H,3-4,25-26H2,(H,35,36,37)(H,38,39,40)(H,41,42,43)(H,44,45,46);;;;;;/q;6*+1/p-6. The molecule has 40 heteroatoms. The number of sulfone groups is 1. The first kappa shape index (κ1) is 70.2. The van der Waals surface area contributed by atoms with Crippen LogP contribution in [0.4, 0.5) is 34.1 Å². The Labute approximate surface area is 504 Å². The van der Waals surface area contributed by atoms with E-state index in [2.05, 4.69) is 43.4 Å². The van der Waals surface area contributed by atoms with E-state index >= 15 is 0 Å². The molecule has 316 valence electrons. The van der Waals surface area contributed by atoms with Crippen molar-refractivity contribution in [1.82, 2.24) is 0 Å². The molecule has 0 saturated heterocycles. The third-order valence-corrected chi connectivity index (χ3v) is 12.8. The Morgan fingerprint density at radius 2 is 1.06 bits per heavy atom. The molecule has 0 aromatic heterocycles. The van der Waals surface area contributed by atoms with E-state index in [0.717, 1.165) is 30.3 Å². The molecule has 4 aromatic carbocycles. The summed E-state index contributed by atoms with van der Waals surface area (Å²) in [5.74, 6) is -1.02. The number of hydrogen-bond donors (Lipinski definition) is 2. The van der Waals surface area contributed by atoms with Gasteiger partial charge in [0.15, 0.2) is 9.84 Å². The molecule has 0 atom stereocenters. The number of fused-ring (bicyclic) bond motifs is 1. The average molecular weight is 1090 g/mol. The van der Waals surface area contributed by atoms with Crippen LogP contribution in [-0.4, -0.2) is 72.7 Å². The number of nitrogens with zero attached hydrogens (tertiary/aromatic N) is 4. The molecule has 4 N–H and O–H groups in total. The van der Waals surface area contributed by atoms with E-state index in [1.165, 1.54) is 0 Å². The first-order chi connectivity index (χ1) is 26.8. The molecule has 0 bridgehead atoms. The Hall–Kier alpha value is 1.95. The first-order valence-electron chi connectivity index (χ1n) is 14.0. The molecule has 0 aliphatic rings. The van der Waals surface area contributed by atoms with Crippen molar-refractivity contribution >= 4 is 120 Å². The van der Waals surface area contributed by atoms with Crippen molar-refractivity contribution in [3.63, 3.8) is 0 Å². The molecule has 4 rings (SSSR count). The van der Waals surface area contributed by atoms with E-state index < -0.39 is 122 Å². The van der Waals surface area contributed by atoms with Gasteiger partial charge in [-0.1, -0.05) is 0 Å². The summed E-state index contributed by atoms with van der Waals surface area (Å²) in [5, 5.41) is 41.7. The zero-order valence-electron chi connectivity index (χ0n) is 33.4. The molecule has 0 saturated carbocycles. The number of nitrogens with two attached hydrogens (primary N) is 2. The number of anilines is 2. The van der Waals surface area contributed by atoms with Gasteiger partial charge >= 0.3 is 177 Å². The van der Waals surface area contributed by atoms with E-state index in [9.17, 15) is 70.8 Å². The van der Waals surface area contributed by atoms with Crippen LogP contribution in [0.25, 0.3) is 10.8 Å². The Bertz CT molecular complexity index is 2920. The summed E-state index contributed by atoms with van der Waals surface area (Å²) in [6.45, 7) is -1.07. The van der Waals surface area contributed by atoms with Crippen LogP contribution in [-0.2, 0) is 73.5 Å². The van der Waals surface area contributed by atoms with Gasteiger partial charge in [-0.05, 0) is 53.9 Å². The van der Waals surface area contributed by atoms with E-state index in [1.54, 1.807) is 0 Å². The van der Waals surface area contributed by atoms with Gasteiger partial charge in [-0.2, -0.15) is 8.67 Å². The van der Waals surface area contributed by atoms with Crippen molar-refractivity contribution in [2.75, 3.05) is 23.8 Å². The van der Waals surface area contributed by atoms with Gasteiger partial charge in [0.25, 0.3) is 0 Å². The molecule has 64 heavy (non-hydrogen) atoms. The minimum Gasteiger partial charge on any atom is -0.744 e. The van der Waals surface area contributed by atoms with Gasteiger partial charge < -0.3 is 40.2 Å². The summed E-state index contributed by atoms with van der Waals surface area (Å²) in [5.41, 5.74) is 7.97. The normalized spacial score (nSPS) is 12.0. The molecule has 0 aliphatic carbocycles. The fraction of sp³-hybridized carbons (Fsp3) is 0.0833. The first-order valence-corrected chi connectivity index (χ1v) is 22.7. The van der Waals surface area contributed by atoms with Gasteiger partial charge in [-0.15, -0.1) is 20.5 Å². The number of hydrogen-bond acceptors (Lipinski definition) is 29. The number of azo groups is 2. The third-order valence-electron chi connectivity index (χ3n) is 6.81. The topological polar surface area (TPSA) is 457 Å². The molecular weight excluding hydrogens is 1070 g/mol. The van der Waals surface area contributed by atoms with Gasteiger partial charge in [0.1, 0.15) is 53.1 Å². The summed E-state index contributed by atoms with van der Waals surface area (Å²) in [6.07, 6.45) is 0. The second kappa shape index (κ2) is 29.5. The SMILES string of the molecule is Nc1c(N=Nc2cc3c(S(=O)(=O)[O-])cc(S(=O)(=O)[O-])cc3cc2SOO[O-])cc(S(=O)(=O)[O-])c(N)c1N=Nc1ccc(S(=O)(=O)CCOS(=O)(=O)[O-])cc1SOO[O-].[Na+].[Na+].[Na+].[Na+].[Na+].[Na+]. The van der Waals surface area contributed by atoms with Gasteiger partial charge in [-0.3, -0.25) is 14.3 Å². The Balaban J connectivity index is -0.00000620. The third kappa shape index (κ3) is 19.9. The average Bonchev–Trinajstić information content (AvgIpc) is 3.10. The molecule has 0 heterocycles. The maximum atomic E-state index is 12.7. The zero-order valence-corrected chi connectivity index (χ0v) is 51.1. The van der Waals surface area contributed by atoms with Gasteiger partial charge in [0.05, 0.1) is 77.2 Å². The van der Waals surface area contributed by atoms with Crippen molar-refractivity contribution in [1.29, 1.82) is 0 Å². The van der Waals surface area contributed by atoms with Crippen LogP contribution in [0.2, 0.25) is 0 Å². The van der Waals surface area contributed by atoms with Crippen molar-refractivity contribution < 1.29 is 271 Å². The van der Waals surface area contributed by atoms with Crippen molar-refractivity contribution in [3.8, 4) is 0 Å². The molecular formula is C24H16N6Na6O21S7. The second-order valence-corrected chi connectivity index (χ2v) is 19.1. The molecule has 0 fully saturated rings. The fourth-order valence-corrected chi connectivity index (χ4v) is 8.85. The largest absolute Gasteiger partial charge is 1.00 e. The maximum Gasteiger partial charge on any atom is 1.00 e. The summed E-state index contributed by atoms with van der Waals surface area (Å²) < 4.78 is 177. The predicted octanol–water partition coefficient (Wildman–Crippen LogP) is -17.7. The smallest absolute Gasteiger partial charge is 0.744 e. The van der Waals surface area contributed by atoms with Gasteiger partial charge in [0, 0.05) is 5.39 Å². The zero-order chi connectivity index (χ0) is 43.4. The maximum absolute atomic E-state index is 12.7. The molecule has 0 radical (unpaired) electrons. The molecule has 27 nitrogen and oxygen atoms in total. The van der Waals surface area contributed by atoms with Crippen molar-refractivity contribution in [2.45, 2.75) is 29.4 Å². The fourth-order valence-electron chi connectivity index (χ4n) is 4.39. The van der Waals surface area contributed by atoms with E-state index in [4.69, 9.17) is 11.5 Å². The van der Waals surface area contributed by atoms with Crippen molar-refractivity contribution in [2.24, 2.45) is 20.5 Å². The number of benzene rings is 4. The molecule has 0 spiro atoms. The summed E-state index contributed by atoms with van der Waals surface area (Å²) in [4.78, 5) is -4.85. The summed E-state index contributed by atoms with van der Waals surface area (Å²) in [6, 6.07) is 5.76. The minimum absolute atomic E-state index is 0. The molecule has 0 aliphatic heterocycles. The van der Waals surface area contributed by atoms with Crippen LogP contribution in [0.3, 0.4) is 0 Å². The molecule has 4 aromatic rings. The monoisotopic (exact) mass is 1090 g/mol. The van der Waals surface area contributed by atoms with Crippen LogP contribution in [0.15, 0.2) is 98.4 Å². The second-order valence-electron chi connectivity index (χ2n) is 10.4. The van der Waals surface area contributed by atoms with Crippen LogP contribution < -0.4 is 199 Å². The van der Waals surface area contributed by atoms with Crippen LogP contribution in [0.5, 0.6) is 0 Å². The Kier molecular flexibility index (Phi) is 32.3.